The quantitative estimate of drug-likeness (QED) is 0.818. The molecule has 1 aliphatic rings. The Bertz CT molecular complexity index is 450. The van der Waals surface area contributed by atoms with Crippen molar-refractivity contribution in [3.8, 4) is 0 Å². The predicted molar refractivity (Wildman–Crippen MR) is 93.0 cm³/mol. The van der Waals surface area contributed by atoms with Gasteiger partial charge < -0.3 is 10.2 Å². The summed E-state index contributed by atoms with van der Waals surface area (Å²) in [4.78, 5) is 11.2. The van der Waals surface area contributed by atoms with Gasteiger partial charge in [0.2, 0.25) is 0 Å². The molecule has 2 heterocycles. The molecule has 0 aromatic carbocycles. The van der Waals surface area contributed by atoms with Crippen molar-refractivity contribution in [1.82, 2.24) is 9.97 Å². The van der Waals surface area contributed by atoms with Gasteiger partial charge in [0, 0.05) is 19.6 Å². The standard InChI is InChI=1S/C16H27BrN4/c1-4-9-18-14-13(17)15(20-12-19-14)21-10-7-16(5-2,6-3)8-11-21/h12H,4-11H2,1-3H3,(H,18,19,20). The second-order valence-electron chi connectivity index (χ2n) is 5.98. The van der Waals surface area contributed by atoms with Gasteiger partial charge in [-0.25, -0.2) is 9.97 Å². The third-order valence-electron chi connectivity index (χ3n) is 4.94. The molecule has 0 radical (unpaired) electrons. The third-order valence-corrected chi connectivity index (χ3v) is 5.67. The number of hydrogen-bond acceptors (Lipinski definition) is 4. The lowest BCUT2D eigenvalue weighted by molar-refractivity contribution is 0.199. The van der Waals surface area contributed by atoms with Gasteiger partial charge in [-0.1, -0.05) is 33.6 Å². The Kier molecular flexibility index (Phi) is 5.85. The second kappa shape index (κ2) is 7.43. The summed E-state index contributed by atoms with van der Waals surface area (Å²) >= 11 is 3.68. The summed E-state index contributed by atoms with van der Waals surface area (Å²) in [6, 6.07) is 0. The maximum absolute atomic E-state index is 4.50. The number of nitrogens with zero attached hydrogens (tertiary/aromatic N) is 3. The van der Waals surface area contributed by atoms with E-state index in [9.17, 15) is 0 Å². The number of rotatable bonds is 6. The molecule has 1 aliphatic heterocycles. The molecule has 2 rings (SSSR count). The van der Waals surface area contributed by atoms with Crippen LogP contribution in [0.3, 0.4) is 0 Å². The number of hydrogen-bond donors (Lipinski definition) is 1. The first-order valence-corrected chi connectivity index (χ1v) is 8.94. The van der Waals surface area contributed by atoms with Crippen molar-refractivity contribution in [1.29, 1.82) is 0 Å². The van der Waals surface area contributed by atoms with Gasteiger partial charge in [0.05, 0.1) is 0 Å². The monoisotopic (exact) mass is 354 g/mol. The highest BCUT2D eigenvalue weighted by molar-refractivity contribution is 9.10. The average molecular weight is 355 g/mol. The lowest BCUT2D eigenvalue weighted by Crippen LogP contribution is -2.40. The second-order valence-corrected chi connectivity index (χ2v) is 6.77. The Hall–Kier alpha value is -0.840. The van der Waals surface area contributed by atoms with Crippen LogP contribution in [0.1, 0.15) is 52.9 Å². The molecular formula is C16H27BrN4. The predicted octanol–water partition coefficient (Wildman–Crippen LogP) is 4.47. The van der Waals surface area contributed by atoms with E-state index in [1.54, 1.807) is 6.33 Å². The maximum Gasteiger partial charge on any atom is 0.148 e. The van der Waals surface area contributed by atoms with Crippen LogP contribution in [0.2, 0.25) is 0 Å². The Morgan fingerprint density at radius 3 is 2.43 bits per heavy atom. The van der Waals surface area contributed by atoms with Crippen LogP contribution < -0.4 is 10.2 Å². The molecule has 1 N–H and O–H groups in total. The zero-order chi connectivity index (χ0) is 15.3. The minimum absolute atomic E-state index is 0.541. The van der Waals surface area contributed by atoms with Gasteiger partial charge in [0.15, 0.2) is 0 Å². The number of anilines is 2. The van der Waals surface area contributed by atoms with E-state index in [1.807, 2.05) is 0 Å². The molecule has 0 bridgehead atoms. The number of nitrogens with one attached hydrogen (secondary N) is 1. The lowest BCUT2D eigenvalue weighted by Gasteiger charge is -2.41. The smallest absolute Gasteiger partial charge is 0.148 e. The van der Waals surface area contributed by atoms with Crippen LogP contribution in [0.4, 0.5) is 11.6 Å². The Morgan fingerprint density at radius 1 is 1.19 bits per heavy atom. The van der Waals surface area contributed by atoms with Gasteiger partial charge in [-0.15, -0.1) is 0 Å². The van der Waals surface area contributed by atoms with E-state index in [1.165, 1.54) is 25.7 Å². The zero-order valence-corrected chi connectivity index (χ0v) is 15.0. The van der Waals surface area contributed by atoms with E-state index < -0.39 is 0 Å². The van der Waals surface area contributed by atoms with E-state index >= 15 is 0 Å². The molecule has 1 aromatic heterocycles. The molecule has 0 saturated carbocycles. The Labute approximate surface area is 136 Å². The van der Waals surface area contributed by atoms with E-state index in [0.717, 1.165) is 42.2 Å². The minimum atomic E-state index is 0.541. The molecule has 0 atom stereocenters. The molecule has 0 unspecified atom stereocenters. The van der Waals surface area contributed by atoms with Gasteiger partial charge in [-0.2, -0.15) is 0 Å². The highest BCUT2D eigenvalue weighted by Gasteiger charge is 2.32. The minimum Gasteiger partial charge on any atom is -0.369 e. The van der Waals surface area contributed by atoms with E-state index in [4.69, 9.17) is 0 Å². The van der Waals surface area contributed by atoms with Crippen molar-refractivity contribution >= 4 is 27.6 Å². The maximum atomic E-state index is 4.50. The number of halogens is 1. The van der Waals surface area contributed by atoms with Crippen molar-refractivity contribution < 1.29 is 0 Å². The molecule has 4 nitrogen and oxygen atoms in total. The molecule has 0 amide bonds. The summed E-state index contributed by atoms with van der Waals surface area (Å²) in [6.45, 7) is 9.92. The molecule has 118 valence electrons. The van der Waals surface area contributed by atoms with Crippen LogP contribution >= 0.6 is 15.9 Å². The number of aromatic nitrogens is 2. The van der Waals surface area contributed by atoms with Gasteiger partial charge in [-0.3, -0.25) is 0 Å². The van der Waals surface area contributed by atoms with Crippen LogP contribution in [-0.2, 0) is 0 Å². The average Bonchev–Trinajstić information content (AvgIpc) is 2.54. The van der Waals surface area contributed by atoms with Crippen LogP contribution in [0, 0.1) is 5.41 Å². The largest absolute Gasteiger partial charge is 0.369 e. The fourth-order valence-corrected chi connectivity index (χ4v) is 3.69. The lowest BCUT2D eigenvalue weighted by atomic mass is 9.74. The van der Waals surface area contributed by atoms with Crippen LogP contribution in [-0.4, -0.2) is 29.6 Å². The van der Waals surface area contributed by atoms with Crippen molar-refractivity contribution in [3.63, 3.8) is 0 Å². The van der Waals surface area contributed by atoms with Gasteiger partial charge in [0.1, 0.15) is 22.4 Å². The summed E-state index contributed by atoms with van der Waals surface area (Å²) in [5.74, 6) is 1.94. The number of piperidine rings is 1. The van der Waals surface area contributed by atoms with Gasteiger partial charge >= 0.3 is 0 Å². The third kappa shape index (κ3) is 3.68. The zero-order valence-electron chi connectivity index (χ0n) is 13.5. The first-order chi connectivity index (χ1) is 10.2. The van der Waals surface area contributed by atoms with Crippen molar-refractivity contribution in [2.24, 2.45) is 5.41 Å². The van der Waals surface area contributed by atoms with Crippen molar-refractivity contribution in [2.75, 3.05) is 29.9 Å². The summed E-state index contributed by atoms with van der Waals surface area (Å²) < 4.78 is 0.999. The summed E-state index contributed by atoms with van der Waals surface area (Å²) in [7, 11) is 0. The normalized spacial score (nSPS) is 17.8. The highest BCUT2D eigenvalue weighted by atomic mass is 79.9. The van der Waals surface area contributed by atoms with Crippen molar-refractivity contribution in [2.45, 2.75) is 52.9 Å². The molecule has 0 spiro atoms. The fraction of sp³-hybridized carbons (Fsp3) is 0.750. The van der Waals surface area contributed by atoms with Crippen molar-refractivity contribution in [3.05, 3.63) is 10.8 Å². The van der Waals surface area contributed by atoms with Gasteiger partial charge in [-0.05, 0) is 40.6 Å². The van der Waals surface area contributed by atoms with Crippen LogP contribution in [0.25, 0.3) is 0 Å². The van der Waals surface area contributed by atoms with Gasteiger partial charge in [0.25, 0.3) is 0 Å². The fourth-order valence-electron chi connectivity index (χ4n) is 3.10. The van der Waals surface area contributed by atoms with E-state index in [2.05, 4.69) is 56.9 Å². The highest BCUT2D eigenvalue weighted by Crippen LogP contribution is 2.40. The van der Waals surface area contributed by atoms with E-state index in [-0.39, 0.29) is 0 Å². The molecule has 1 saturated heterocycles. The summed E-state index contributed by atoms with van der Waals surface area (Å²) in [5.41, 5.74) is 0.541. The van der Waals surface area contributed by atoms with E-state index in [0.29, 0.717) is 5.41 Å². The molecular weight excluding hydrogens is 328 g/mol. The summed E-state index contributed by atoms with van der Waals surface area (Å²) in [5, 5.41) is 3.36. The molecule has 5 heteroatoms. The molecule has 0 aliphatic carbocycles. The summed E-state index contributed by atoms with van der Waals surface area (Å²) in [6.07, 6.45) is 7.84. The Balaban J connectivity index is 2.10. The van der Waals surface area contributed by atoms with Crippen LogP contribution in [0.15, 0.2) is 10.8 Å². The molecule has 1 aromatic rings. The topological polar surface area (TPSA) is 41.1 Å². The SMILES string of the molecule is CCCNc1ncnc(N2CCC(CC)(CC)CC2)c1Br. The Morgan fingerprint density at radius 2 is 1.86 bits per heavy atom. The molecule has 21 heavy (non-hydrogen) atoms. The van der Waals surface area contributed by atoms with Crippen LogP contribution in [0.5, 0.6) is 0 Å². The first-order valence-electron chi connectivity index (χ1n) is 8.15. The molecule has 1 fully saturated rings. The first kappa shape index (κ1) is 16.5.